The van der Waals surface area contributed by atoms with E-state index in [1.165, 1.54) is 5.56 Å². The molecule has 0 spiro atoms. The molecule has 0 saturated heterocycles. The second-order valence-electron chi connectivity index (χ2n) is 2.45. The van der Waals surface area contributed by atoms with Crippen molar-refractivity contribution in [2.75, 3.05) is 0 Å². The number of fused-ring (bicyclic) bond motifs is 1. The average Bonchev–Trinajstić information content (AvgIpc) is 2.81. The van der Waals surface area contributed by atoms with E-state index in [1.807, 2.05) is 40.0 Å². The van der Waals surface area contributed by atoms with Gasteiger partial charge in [0.05, 0.1) is 0 Å². The van der Waals surface area contributed by atoms with Crippen molar-refractivity contribution < 1.29 is 0 Å². The van der Waals surface area contributed by atoms with Crippen LogP contribution < -0.4 is 0 Å². The van der Waals surface area contributed by atoms with Gasteiger partial charge in [-0.1, -0.05) is 34.6 Å². The van der Waals surface area contributed by atoms with E-state index in [9.17, 15) is 0 Å². The van der Waals surface area contributed by atoms with Gasteiger partial charge in [0.25, 0.3) is 0 Å². The summed E-state index contributed by atoms with van der Waals surface area (Å²) in [7, 11) is 0. The van der Waals surface area contributed by atoms with E-state index < -0.39 is 0 Å². The van der Waals surface area contributed by atoms with Gasteiger partial charge in [-0.2, -0.15) is 5.10 Å². The zero-order valence-electron chi connectivity index (χ0n) is 10.4. The summed E-state index contributed by atoms with van der Waals surface area (Å²) >= 11 is 0. The number of rotatable bonds is 1. The zero-order chi connectivity index (χ0) is 11.7. The Morgan fingerprint density at radius 2 is 1.87 bits per heavy atom. The molecule has 0 saturated carbocycles. The van der Waals surface area contributed by atoms with Gasteiger partial charge in [0, 0.05) is 6.20 Å². The van der Waals surface area contributed by atoms with Crippen molar-refractivity contribution in [2.24, 2.45) is 0 Å². The average molecular weight is 207 g/mol. The summed E-state index contributed by atoms with van der Waals surface area (Å²) in [5.41, 5.74) is 2.22. The number of pyridine rings is 1. The Bertz CT molecular complexity index is 366. The molecule has 0 radical (unpaired) electrons. The standard InChI is InChI=1S/C8H9N3.2C2H6/c1-2-7-3-4-11-8(5-7)9-6-10-11;2*1-2/h3-6H,2H2,1H3;2*1-2H3. The largest absolute Gasteiger partial charge is 0.221 e. The highest BCUT2D eigenvalue weighted by molar-refractivity contribution is 5.39. The van der Waals surface area contributed by atoms with E-state index in [0.717, 1.165) is 12.1 Å². The first-order valence-electron chi connectivity index (χ1n) is 5.68. The lowest BCUT2D eigenvalue weighted by Gasteiger charge is -1.94. The molecule has 0 fully saturated rings. The summed E-state index contributed by atoms with van der Waals surface area (Å²) < 4.78 is 1.76. The fourth-order valence-corrected chi connectivity index (χ4v) is 1.08. The molecule has 0 atom stereocenters. The fraction of sp³-hybridized carbons (Fsp3) is 0.500. The molecule has 84 valence electrons. The summed E-state index contributed by atoms with van der Waals surface area (Å²) in [5, 5.41) is 4.00. The Labute approximate surface area is 92.2 Å². The lowest BCUT2D eigenvalue weighted by Crippen LogP contribution is -1.88. The topological polar surface area (TPSA) is 30.2 Å². The summed E-state index contributed by atoms with van der Waals surface area (Å²) in [6.07, 6.45) is 4.54. The number of aromatic nitrogens is 3. The first-order valence-corrected chi connectivity index (χ1v) is 5.68. The van der Waals surface area contributed by atoms with Crippen LogP contribution in [0, 0.1) is 0 Å². The molecule has 0 amide bonds. The van der Waals surface area contributed by atoms with Crippen LogP contribution in [-0.4, -0.2) is 14.6 Å². The summed E-state index contributed by atoms with van der Waals surface area (Å²) in [6, 6.07) is 4.11. The van der Waals surface area contributed by atoms with Crippen LogP contribution in [-0.2, 0) is 6.42 Å². The second kappa shape index (κ2) is 7.97. The maximum absolute atomic E-state index is 4.08. The van der Waals surface area contributed by atoms with Gasteiger partial charge >= 0.3 is 0 Å². The molecule has 2 rings (SSSR count). The van der Waals surface area contributed by atoms with Gasteiger partial charge in [-0.3, -0.25) is 0 Å². The first kappa shape index (κ1) is 13.6. The molecule has 3 heteroatoms. The Morgan fingerprint density at radius 3 is 2.47 bits per heavy atom. The van der Waals surface area contributed by atoms with Crippen molar-refractivity contribution in [3.05, 3.63) is 30.2 Å². The maximum Gasteiger partial charge on any atom is 0.155 e. The molecule has 0 N–H and O–H groups in total. The van der Waals surface area contributed by atoms with Crippen molar-refractivity contribution >= 4 is 5.65 Å². The normalized spacial score (nSPS) is 8.60. The van der Waals surface area contributed by atoms with Gasteiger partial charge < -0.3 is 0 Å². The number of hydrogen-bond donors (Lipinski definition) is 0. The Hall–Kier alpha value is -1.38. The Morgan fingerprint density at radius 1 is 1.20 bits per heavy atom. The van der Waals surface area contributed by atoms with E-state index in [-0.39, 0.29) is 0 Å². The van der Waals surface area contributed by atoms with E-state index >= 15 is 0 Å². The molecule has 2 aromatic rings. The molecule has 0 bridgehead atoms. The van der Waals surface area contributed by atoms with Crippen LogP contribution in [0.4, 0.5) is 0 Å². The van der Waals surface area contributed by atoms with Crippen LogP contribution in [0.1, 0.15) is 40.2 Å². The summed E-state index contributed by atoms with van der Waals surface area (Å²) in [6.45, 7) is 10.1. The molecule has 0 aliphatic carbocycles. The smallest absolute Gasteiger partial charge is 0.155 e. The highest BCUT2D eigenvalue weighted by Gasteiger charge is 1.94. The molecule has 0 aliphatic rings. The minimum Gasteiger partial charge on any atom is -0.221 e. The molecule has 15 heavy (non-hydrogen) atoms. The zero-order valence-corrected chi connectivity index (χ0v) is 10.4. The van der Waals surface area contributed by atoms with E-state index in [1.54, 1.807) is 10.8 Å². The predicted octanol–water partition coefficient (Wildman–Crippen LogP) is 3.34. The predicted molar refractivity (Wildman–Crippen MR) is 65.1 cm³/mol. The van der Waals surface area contributed by atoms with Crippen molar-refractivity contribution in [3.8, 4) is 0 Å². The highest BCUT2D eigenvalue weighted by Crippen LogP contribution is 2.03. The maximum atomic E-state index is 4.08. The van der Waals surface area contributed by atoms with Gasteiger partial charge in [0.15, 0.2) is 5.65 Å². The highest BCUT2D eigenvalue weighted by atomic mass is 15.3. The molecule has 0 unspecified atom stereocenters. The van der Waals surface area contributed by atoms with Crippen molar-refractivity contribution in [1.29, 1.82) is 0 Å². The van der Waals surface area contributed by atoms with Crippen molar-refractivity contribution in [2.45, 2.75) is 41.0 Å². The van der Waals surface area contributed by atoms with Gasteiger partial charge in [0.1, 0.15) is 6.33 Å². The van der Waals surface area contributed by atoms with E-state index in [4.69, 9.17) is 0 Å². The summed E-state index contributed by atoms with van der Waals surface area (Å²) in [4.78, 5) is 4.08. The van der Waals surface area contributed by atoms with Crippen molar-refractivity contribution in [3.63, 3.8) is 0 Å². The van der Waals surface area contributed by atoms with Gasteiger partial charge in [0.2, 0.25) is 0 Å². The van der Waals surface area contributed by atoms with Crippen LogP contribution in [0.5, 0.6) is 0 Å². The third kappa shape index (κ3) is 3.70. The number of hydrogen-bond acceptors (Lipinski definition) is 2. The quantitative estimate of drug-likeness (QED) is 0.718. The van der Waals surface area contributed by atoms with Crippen LogP contribution in [0.25, 0.3) is 5.65 Å². The Balaban J connectivity index is 0.000000442. The Kier molecular flexibility index (Phi) is 7.24. The fourth-order valence-electron chi connectivity index (χ4n) is 1.08. The molecule has 0 aromatic carbocycles. The first-order chi connectivity index (χ1) is 7.40. The molecular weight excluding hydrogens is 186 g/mol. The van der Waals surface area contributed by atoms with Gasteiger partial charge in [-0.15, -0.1) is 0 Å². The third-order valence-corrected chi connectivity index (χ3v) is 1.75. The van der Waals surface area contributed by atoms with Crippen LogP contribution in [0.3, 0.4) is 0 Å². The minimum absolute atomic E-state index is 0.921. The molecule has 0 aliphatic heterocycles. The lowest BCUT2D eigenvalue weighted by atomic mass is 10.2. The number of nitrogens with zero attached hydrogens (tertiary/aromatic N) is 3. The molecular formula is C12H21N3. The van der Waals surface area contributed by atoms with Crippen molar-refractivity contribution in [1.82, 2.24) is 14.6 Å². The van der Waals surface area contributed by atoms with Gasteiger partial charge in [-0.05, 0) is 24.1 Å². The minimum atomic E-state index is 0.921. The van der Waals surface area contributed by atoms with Crippen LogP contribution in [0.15, 0.2) is 24.7 Å². The molecule has 3 nitrogen and oxygen atoms in total. The molecule has 2 aromatic heterocycles. The van der Waals surface area contributed by atoms with Gasteiger partial charge in [-0.25, -0.2) is 9.50 Å². The van der Waals surface area contributed by atoms with E-state index in [2.05, 4.69) is 23.1 Å². The van der Waals surface area contributed by atoms with Crippen LogP contribution in [0.2, 0.25) is 0 Å². The monoisotopic (exact) mass is 207 g/mol. The lowest BCUT2D eigenvalue weighted by molar-refractivity contribution is 0.951. The van der Waals surface area contributed by atoms with Crippen LogP contribution >= 0.6 is 0 Å². The van der Waals surface area contributed by atoms with E-state index in [0.29, 0.717) is 0 Å². The SMILES string of the molecule is CC.CC.CCc1ccn2ncnc2c1. The molecule has 2 heterocycles. The third-order valence-electron chi connectivity index (χ3n) is 1.75. The number of aryl methyl sites for hydroxylation is 1. The summed E-state index contributed by atoms with van der Waals surface area (Å²) in [5.74, 6) is 0. The second-order valence-corrected chi connectivity index (χ2v) is 2.45.